The van der Waals surface area contributed by atoms with Gasteiger partial charge in [-0.1, -0.05) is 76.5 Å². The Kier molecular flexibility index (Phi) is 13.8. The molecule has 8 atom stereocenters. The predicted molar refractivity (Wildman–Crippen MR) is 225 cm³/mol. The number of nitrogens with two attached hydrogens (primary N) is 1. The lowest BCUT2D eigenvalue weighted by Gasteiger charge is -2.32. The average Bonchev–Trinajstić information content (AvgIpc) is 3.49. The van der Waals surface area contributed by atoms with Crippen LogP contribution in [-0.2, 0) is 28.7 Å². The van der Waals surface area contributed by atoms with Crippen molar-refractivity contribution in [3.8, 4) is 0 Å². The van der Waals surface area contributed by atoms with Gasteiger partial charge in [-0.25, -0.2) is 24.4 Å². The third kappa shape index (κ3) is 9.44. The molecule has 2 unspecified atom stereocenters. The van der Waals surface area contributed by atoms with E-state index in [1.54, 1.807) is 6.92 Å². The van der Waals surface area contributed by atoms with Gasteiger partial charge in [0, 0.05) is 41.7 Å². The third-order valence-corrected chi connectivity index (χ3v) is 12.8. The van der Waals surface area contributed by atoms with Crippen molar-refractivity contribution in [1.82, 2.24) is 40.5 Å². The summed E-state index contributed by atoms with van der Waals surface area (Å²) in [4.78, 5) is 99.3. The van der Waals surface area contributed by atoms with Crippen LogP contribution < -0.4 is 32.9 Å². The number of nitrogens with zero attached hydrogens (tertiary/aromatic N) is 3. The van der Waals surface area contributed by atoms with Crippen molar-refractivity contribution in [3.05, 3.63) is 69.1 Å². The molecule has 2 aliphatic heterocycles. The maximum atomic E-state index is 14.4. The number of aliphatic hydroxyl groups excluding tert-OH is 1. The number of amides is 5. The van der Waals surface area contributed by atoms with Crippen molar-refractivity contribution in [2.24, 2.45) is 11.7 Å². The molecule has 62 heavy (non-hydrogen) atoms. The molecule has 0 spiro atoms. The van der Waals surface area contributed by atoms with Gasteiger partial charge in [0.05, 0.1) is 31.8 Å². The van der Waals surface area contributed by atoms with Gasteiger partial charge in [0.15, 0.2) is 6.23 Å². The lowest BCUT2D eigenvalue weighted by Crippen LogP contribution is -2.58. The largest absolute Gasteiger partial charge is 0.464 e. The van der Waals surface area contributed by atoms with Gasteiger partial charge in [-0.2, -0.15) is 0 Å². The number of para-hydroxylation sites is 1. The highest BCUT2D eigenvalue weighted by molar-refractivity contribution is 5.98. The molecule has 0 bridgehead atoms. The molecular formula is C43H59N9O10. The summed E-state index contributed by atoms with van der Waals surface area (Å²) in [5.74, 6) is -2.71. The number of aromatic nitrogens is 3. The minimum Gasteiger partial charge on any atom is -0.464 e. The van der Waals surface area contributed by atoms with Gasteiger partial charge in [-0.15, -0.1) is 0 Å². The van der Waals surface area contributed by atoms with E-state index in [1.807, 2.05) is 30.5 Å². The zero-order valence-corrected chi connectivity index (χ0v) is 35.3. The summed E-state index contributed by atoms with van der Waals surface area (Å²) in [7, 11) is 0. The normalized spacial score (nSPS) is 26.7. The number of unbranched alkanes of at least 4 members (excludes halogenated alkanes) is 3. The van der Waals surface area contributed by atoms with E-state index >= 15 is 0 Å². The van der Waals surface area contributed by atoms with Crippen LogP contribution in [0.15, 0.2) is 52.3 Å². The summed E-state index contributed by atoms with van der Waals surface area (Å²) in [6.45, 7) is 3.23. The van der Waals surface area contributed by atoms with Crippen molar-refractivity contribution in [1.29, 1.82) is 0 Å². The molecule has 7 rings (SSSR count). The Morgan fingerprint density at radius 2 is 1.84 bits per heavy atom. The number of aromatic amines is 2. The summed E-state index contributed by atoms with van der Waals surface area (Å²) < 4.78 is 12.8. The Balaban J connectivity index is 1.07. The highest BCUT2D eigenvalue weighted by Crippen LogP contribution is 2.54. The van der Waals surface area contributed by atoms with Crippen molar-refractivity contribution >= 4 is 40.6 Å². The summed E-state index contributed by atoms with van der Waals surface area (Å²) >= 11 is 0. The molecule has 19 nitrogen and oxygen atoms in total. The van der Waals surface area contributed by atoms with Crippen LogP contribution in [0.25, 0.3) is 10.9 Å². The first-order chi connectivity index (χ1) is 29.8. The quantitative estimate of drug-likeness (QED) is 0.0760. The van der Waals surface area contributed by atoms with E-state index in [2.05, 4.69) is 32.8 Å². The number of fused-ring (bicyclic) bond motifs is 1. The second kappa shape index (κ2) is 19.2. The zero-order valence-electron chi connectivity index (χ0n) is 35.3. The molecule has 5 amide bonds. The number of ether oxygens (including phenoxy) is 2. The van der Waals surface area contributed by atoms with Crippen molar-refractivity contribution in [3.63, 3.8) is 0 Å². The van der Waals surface area contributed by atoms with E-state index in [4.69, 9.17) is 15.2 Å². The van der Waals surface area contributed by atoms with Crippen LogP contribution in [0.3, 0.4) is 0 Å². The van der Waals surface area contributed by atoms with E-state index in [9.17, 15) is 38.7 Å². The zero-order chi connectivity index (χ0) is 44.1. The Labute approximate surface area is 358 Å². The number of hydrazine groups is 1. The number of nitrogens with one attached hydrogen (secondary N) is 5. The molecule has 336 valence electrons. The van der Waals surface area contributed by atoms with Gasteiger partial charge in [0.25, 0.3) is 17.4 Å². The van der Waals surface area contributed by atoms with Gasteiger partial charge < -0.3 is 41.2 Å². The van der Waals surface area contributed by atoms with Crippen molar-refractivity contribution in [2.45, 2.75) is 139 Å². The highest BCUT2D eigenvalue weighted by atomic mass is 16.5. The minimum atomic E-state index is -1.37. The number of hydrogen-bond donors (Lipinski definition) is 7. The molecular weight excluding hydrogens is 803 g/mol. The standard InChI is InChI=1S/C43H59N9O10/c1-3-4-5-11-18-61-40(58)43(21-30(43)29-23-45-31-15-10-9-14-28(29)31)49-41(59)46-32(19-26-12-7-6-8-13-26)37(56)48-36-25(2)52(35(55)22-44)51(38(36)57)24-27-20-33(53)39(62-27)50-17-16-34(54)47-42(50)60/h9-10,14-17,23,25-27,30,32-33,36,39,45,53H,3-8,11-13,18-22,24,44H2,1-2H3,(H,48,56)(H2,46,49,59)(H,47,54,60)/t25-,27+,30?,32-,33+,36-,39+,43?/m0/s1. The molecule has 4 aliphatic rings. The Bertz CT molecular complexity index is 2240. The fourth-order valence-electron chi connectivity index (χ4n) is 9.46. The second-order valence-corrected chi connectivity index (χ2v) is 17.2. The van der Waals surface area contributed by atoms with E-state index < -0.39 is 89.6 Å². The van der Waals surface area contributed by atoms with E-state index in [0.29, 0.717) is 12.8 Å². The van der Waals surface area contributed by atoms with Crippen LogP contribution in [0.4, 0.5) is 4.79 Å². The number of rotatable bonds is 17. The molecule has 3 aromatic rings. The first-order valence-corrected chi connectivity index (χ1v) is 22.0. The molecule has 4 fully saturated rings. The number of esters is 1. The SMILES string of the molecule is CCCCCCOC(=O)C1(NC(=O)N[C@@H](CC2CCCCC2)C(=O)N[C@@H]2C(=O)N(C[C@H]3C[C@@H](O)[C@H](n4ccc(=O)[nH]c4=O)O3)N(C(=O)CN)[C@H]2C)CC1c1c[nH]c2ccccc12. The number of H-pyrrole nitrogens is 2. The molecule has 2 saturated carbocycles. The van der Waals surface area contributed by atoms with Crippen LogP contribution >= 0.6 is 0 Å². The minimum absolute atomic E-state index is 0.0202. The molecule has 1 aromatic carbocycles. The number of carbonyl (C=O) groups excluding carboxylic acids is 5. The van der Waals surface area contributed by atoms with Crippen LogP contribution in [0, 0.1) is 5.92 Å². The third-order valence-electron chi connectivity index (χ3n) is 12.8. The number of carbonyl (C=O) groups is 5. The number of benzene rings is 1. The summed E-state index contributed by atoms with van der Waals surface area (Å²) in [6.07, 6.45) is 8.76. The monoisotopic (exact) mass is 861 g/mol. The molecule has 8 N–H and O–H groups in total. The summed E-state index contributed by atoms with van der Waals surface area (Å²) in [6, 6.07) is 4.83. The molecule has 2 aliphatic carbocycles. The number of hydrogen-bond acceptors (Lipinski definition) is 11. The van der Waals surface area contributed by atoms with Crippen molar-refractivity contribution < 1.29 is 38.6 Å². The summed E-state index contributed by atoms with van der Waals surface area (Å²) in [5, 5.41) is 22.6. The second-order valence-electron chi connectivity index (χ2n) is 17.2. The fraction of sp³-hybridized carbons (Fsp3) is 0.605. The first-order valence-electron chi connectivity index (χ1n) is 22.0. The molecule has 19 heteroatoms. The maximum Gasteiger partial charge on any atom is 0.332 e. The lowest BCUT2D eigenvalue weighted by atomic mass is 9.84. The van der Waals surface area contributed by atoms with Crippen LogP contribution in [-0.4, -0.2) is 115 Å². The topological polar surface area (TPSA) is 263 Å². The van der Waals surface area contributed by atoms with E-state index in [1.165, 1.54) is 6.20 Å². The van der Waals surface area contributed by atoms with Crippen LogP contribution in [0.2, 0.25) is 0 Å². The van der Waals surface area contributed by atoms with Gasteiger partial charge in [0.2, 0.25) is 5.91 Å². The van der Waals surface area contributed by atoms with E-state index in [-0.39, 0.29) is 37.8 Å². The predicted octanol–water partition coefficient (Wildman–Crippen LogP) is 1.77. The molecule has 4 heterocycles. The molecule has 2 saturated heterocycles. The average molecular weight is 862 g/mol. The smallest absolute Gasteiger partial charge is 0.332 e. The van der Waals surface area contributed by atoms with Gasteiger partial charge in [0.1, 0.15) is 23.7 Å². The first kappa shape index (κ1) is 44.5. The van der Waals surface area contributed by atoms with Gasteiger partial charge in [-0.3, -0.25) is 28.7 Å². The van der Waals surface area contributed by atoms with Crippen LogP contribution in [0.5, 0.6) is 0 Å². The van der Waals surface area contributed by atoms with Crippen molar-refractivity contribution in [2.75, 3.05) is 19.7 Å². The number of aliphatic hydroxyl groups is 1. The molecule has 0 radical (unpaired) electrons. The Morgan fingerprint density at radius 1 is 1.06 bits per heavy atom. The van der Waals surface area contributed by atoms with Gasteiger partial charge in [-0.05, 0) is 43.7 Å². The maximum absolute atomic E-state index is 14.4. The highest BCUT2D eigenvalue weighted by Gasteiger charge is 2.64. The summed E-state index contributed by atoms with van der Waals surface area (Å²) in [5.41, 5.74) is 4.76. The molecule has 2 aromatic heterocycles. The van der Waals surface area contributed by atoms with Crippen LogP contribution in [0.1, 0.15) is 109 Å². The van der Waals surface area contributed by atoms with E-state index in [0.717, 1.165) is 88.5 Å². The Morgan fingerprint density at radius 3 is 2.58 bits per heavy atom. The lowest BCUT2D eigenvalue weighted by molar-refractivity contribution is -0.159. The Hall–Kier alpha value is -5.53. The number of urea groups is 1. The fourth-order valence-corrected chi connectivity index (χ4v) is 9.46. The van der Waals surface area contributed by atoms with Gasteiger partial charge >= 0.3 is 17.7 Å².